The van der Waals surface area contributed by atoms with Crippen molar-refractivity contribution in [2.75, 3.05) is 0 Å². The molecule has 4 saturated carbocycles. The third-order valence-corrected chi connectivity index (χ3v) is 17.2. The van der Waals surface area contributed by atoms with Gasteiger partial charge in [-0.25, -0.2) is 9.59 Å². The molecule has 0 radical (unpaired) electrons. The number of ether oxygens (including phenoxy) is 3. The van der Waals surface area contributed by atoms with E-state index in [1.807, 2.05) is 20.8 Å². The maximum Gasteiger partial charge on any atom is 0.335 e. The van der Waals surface area contributed by atoms with Gasteiger partial charge in [0.1, 0.15) is 42.4 Å². The Morgan fingerprint density at radius 3 is 2.05 bits per heavy atom. The molecule has 14 heteroatoms. The van der Waals surface area contributed by atoms with Crippen LogP contribution in [0.2, 0.25) is 0 Å². The number of aliphatic hydroxyl groups excluding tert-OH is 5. The van der Waals surface area contributed by atoms with E-state index in [1.165, 1.54) is 19.3 Å². The summed E-state index contributed by atoms with van der Waals surface area (Å²) in [6.07, 6.45) is -8.99. The average Bonchev–Trinajstić information content (AvgIpc) is 3.10. The SMILES string of the molecule is C[C@@H]1CC[C@]2(C)CC[C@]3(C)C(=CC[C@@H]4[C@@]5(C)C(=O)C[C@H](C6(O)O[C@H](C(=O)O)[C@@H](O)[C@H](O)[C@H]6O[C@@H]6O[C@H](C(=O)O)[C@@H](O)[C@H](O)[C@H]6O)C(C)(C)[C@@H]5CC[C@]43C)[C@@H]2C1. The van der Waals surface area contributed by atoms with Gasteiger partial charge in [-0.15, -0.1) is 0 Å². The minimum Gasteiger partial charge on any atom is -0.479 e. The van der Waals surface area contributed by atoms with E-state index in [1.54, 1.807) is 5.57 Å². The first-order valence-electron chi connectivity index (χ1n) is 20.2. The first-order valence-corrected chi connectivity index (χ1v) is 20.2. The third kappa shape index (κ3) is 5.62. The van der Waals surface area contributed by atoms with Gasteiger partial charge in [0.2, 0.25) is 0 Å². The molecule has 19 atom stereocenters. The van der Waals surface area contributed by atoms with Crippen LogP contribution in [0.4, 0.5) is 0 Å². The fourth-order valence-corrected chi connectivity index (χ4v) is 13.7. The van der Waals surface area contributed by atoms with Gasteiger partial charge in [-0.05, 0) is 90.3 Å². The molecule has 0 bridgehead atoms. The van der Waals surface area contributed by atoms with Crippen molar-refractivity contribution in [3.8, 4) is 0 Å². The largest absolute Gasteiger partial charge is 0.479 e. The van der Waals surface area contributed by atoms with Gasteiger partial charge in [-0.3, -0.25) is 4.79 Å². The average molecular weight is 779 g/mol. The molecular formula is C41H62O14. The minimum atomic E-state index is -2.82. The molecule has 0 aromatic rings. The molecule has 0 spiro atoms. The van der Waals surface area contributed by atoms with Crippen molar-refractivity contribution in [1.29, 1.82) is 0 Å². The Labute approximate surface area is 322 Å². The highest BCUT2D eigenvalue weighted by Gasteiger charge is 2.73. The van der Waals surface area contributed by atoms with Crippen LogP contribution in [-0.4, -0.2) is 119 Å². The minimum absolute atomic E-state index is 0.0367. The van der Waals surface area contributed by atoms with Crippen molar-refractivity contribution in [3.05, 3.63) is 11.6 Å². The summed E-state index contributed by atoms with van der Waals surface area (Å²) >= 11 is 0. The number of hydrogen-bond acceptors (Lipinski definition) is 12. The molecule has 5 aliphatic carbocycles. The van der Waals surface area contributed by atoms with Crippen LogP contribution < -0.4 is 0 Å². The second kappa shape index (κ2) is 13.3. The smallest absolute Gasteiger partial charge is 0.335 e. The molecule has 2 aliphatic heterocycles. The second-order valence-corrected chi connectivity index (χ2v) is 20.1. The maximum absolute atomic E-state index is 15.1. The van der Waals surface area contributed by atoms with Crippen LogP contribution >= 0.6 is 0 Å². The van der Waals surface area contributed by atoms with E-state index in [4.69, 9.17) is 14.2 Å². The highest BCUT2D eigenvalue weighted by Crippen LogP contribution is 2.75. The maximum atomic E-state index is 15.1. The van der Waals surface area contributed by atoms with Crippen LogP contribution in [0.5, 0.6) is 0 Å². The van der Waals surface area contributed by atoms with Gasteiger partial charge in [0.25, 0.3) is 0 Å². The first kappa shape index (κ1) is 41.2. The quantitative estimate of drug-likeness (QED) is 0.187. The number of carbonyl (C=O) groups excluding carboxylic acids is 1. The van der Waals surface area contributed by atoms with Crippen molar-refractivity contribution >= 4 is 17.7 Å². The predicted molar refractivity (Wildman–Crippen MR) is 193 cm³/mol. The van der Waals surface area contributed by atoms with E-state index in [0.29, 0.717) is 18.3 Å². The van der Waals surface area contributed by atoms with E-state index in [0.717, 1.165) is 25.7 Å². The summed E-state index contributed by atoms with van der Waals surface area (Å²) in [5.74, 6) is -6.83. The van der Waals surface area contributed by atoms with E-state index >= 15 is 4.79 Å². The molecule has 310 valence electrons. The van der Waals surface area contributed by atoms with Crippen molar-refractivity contribution in [1.82, 2.24) is 0 Å². The summed E-state index contributed by atoms with van der Waals surface area (Å²) in [5.41, 5.74) is -0.350. The standard InChI is InChI=1S/C41H62O14/c1-18-10-12-37(4)14-15-38(5)19(20(37)16-18)8-9-22-39(38,6)13-11-21-36(2,3)23(17-24(42)40(21,22)7)41(52)32(28(46)27(45)31(55-41)34(50)51)54-35-29(47)25(43)26(44)30(53-35)33(48)49/h8,18,20-23,25-32,35,43-47,52H,9-17H2,1-7H3,(H,48,49)(H,50,51)/t18-,20+,21+,22+,23+,25+,26+,27+,28+,29-,30+,31+,32-,35+,37-,38-,39-,40+,41?/m1/s1. The van der Waals surface area contributed by atoms with E-state index < -0.39 is 89.6 Å². The molecule has 8 N–H and O–H groups in total. The number of allylic oxidation sites excluding steroid dienone is 2. The molecule has 2 saturated heterocycles. The van der Waals surface area contributed by atoms with Gasteiger partial charge in [-0.1, -0.05) is 66.5 Å². The molecule has 2 heterocycles. The molecule has 1 unspecified atom stereocenters. The van der Waals surface area contributed by atoms with Crippen molar-refractivity contribution in [2.45, 2.75) is 167 Å². The number of rotatable bonds is 5. The Morgan fingerprint density at radius 1 is 0.782 bits per heavy atom. The predicted octanol–water partition coefficient (Wildman–Crippen LogP) is 2.38. The number of carboxylic acid groups (broad SMARTS) is 2. The van der Waals surface area contributed by atoms with Gasteiger partial charge in [0.05, 0.1) is 0 Å². The number of fused-ring (bicyclic) bond motifs is 7. The third-order valence-electron chi connectivity index (χ3n) is 17.2. The van der Waals surface area contributed by atoms with E-state index in [2.05, 4.69) is 33.8 Å². The Kier molecular flexibility index (Phi) is 9.92. The lowest BCUT2D eigenvalue weighted by molar-refractivity contribution is -0.411. The van der Waals surface area contributed by atoms with Gasteiger partial charge < -0.3 is 55.1 Å². The van der Waals surface area contributed by atoms with E-state index in [-0.39, 0.29) is 40.3 Å². The molecule has 0 aromatic carbocycles. The number of carbonyl (C=O) groups is 3. The van der Waals surface area contributed by atoms with Crippen LogP contribution in [-0.2, 0) is 28.6 Å². The molecular weight excluding hydrogens is 716 g/mol. The zero-order valence-corrected chi connectivity index (χ0v) is 33.1. The molecule has 14 nitrogen and oxygen atoms in total. The molecule has 6 fully saturated rings. The summed E-state index contributed by atoms with van der Waals surface area (Å²) in [7, 11) is 0. The normalized spacial score (nSPS) is 54.9. The Hall–Kier alpha value is -2.01. The first-order chi connectivity index (χ1) is 25.4. The summed E-state index contributed by atoms with van der Waals surface area (Å²) < 4.78 is 17.0. The van der Waals surface area contributed by atoms with Crippen LogP contribution in [0.3, 0.4) is 0 Å². The van der Waals surface area contributed by atoms with Crippen molar-refractivity contribution in [3.63, 3.8) is 0 Å². The molecule has 7 rings (SSSR count). The fraction of sp³-hybridized carbons (Fsp3) is 0.878. The van der Waals surface area contributed by atoms with Gasteiger partial charge in [0.15, 0.2) is 24.3 Å². The Balaban J connectivity index is 1.26. The topological polar surface area (TPSA) is 241 Å². The van der Waals surface area contributed by atoms with Crippen LogP contribution in [0.1, 0.15) is 106 Å². The number of carboxylic acids is 2. The lowest BCUT2D eigenvalue weighted by atomic mass is 9.33. The van der Waals surface area contributed by atoms with Gasteiger partial charge >= 0.3 is 11.9 Å². The van der Waals surface area contributed by atoms with Gasteiger partial charge in [-0.2, -0.15) is 0 Å². The highest BCUT2D eigenvalue weighted by atomic mass is 16.7. The highest BCUT2D eigenvalue weighted by molar-refractivity contribution is 5.87. The van der Waals surface area contributed by atoms with Crippen LogP contribution in [0, 0.1) is 56.7 Å². The van der Waals surface area contributed by atoms with E-state index in [9.17, 15) is 50.4 Å². The molecule has 55 heavy (non-hydrogen) atoms. The lowest BCUT2D eigenvalue weighted by Crippen LogP contribution is -2.75. The zero-order valence-electron chi connectivity index (χ0n) is 33.1. The molecule has 0 aromatic heterocycles. The number of aliphatic carboxylic acids is 2. The zero-order chi connectivity index (χ0) is 40.6. The van der Waals surface area contributed by atoms with Crippen molar-refractivity contribution in [2.24, 2.45) is 56.7 Å². The number of hydrogen-bond donors (Lipinski definition) is 8. The van der Waals surface area contributed by atoms with Crippen LogP contribution in [0.15, 0.2) is 11.6 Å². The van der Waals surface area contributed by atoms with Gasteiger partial charge in [0, 0.05) is 17.8 Å². The second-order valence-electron chi connectivity index (χ2n) is 20.1. The number of aliphatic hydroxyl groups is 6. The fourth-order valence-electron chi connectivity index (χ4n) is 13.7. The summed E-state index contributed by atoms with van der Waals surface area (Å²) in [5, 5.41) is 86.3. The lowest BCUT2D eigenvalue weighted by Gasteiger charge is -2.71. The van der Waals surface area contributed by atoms with Crippen LogP contribution in [0.25, 0.3) is 0 Å². The number of Topliss-reactive ketones (excluding diaryl/α,β-unsaturated/α-hetero) is 1. The molecule has 0 amide bonds. The molecule has 7 aliphatic rings. The number of ketones is 1. The summed E-state index contributed by atoms with van der Waals surface area (Å²) in [6, 6.07) is 0. The summed E-state index contributed by atoms with van der Waals surface area (Å²) in [6.45, 7) is 15.4. The van der Waals surface area contributed by atoms with Crippen molar-refractivity contribution < 1.29 is 69.4 Å². The Morgan fingerprint density at radius 2 is 1.42 bits per heavy atom. The summed E-state index contributed by atoms with van der Waals surface area (Å²) in [4.78, 5) is 39.3. The monoisotopic (exact) mass is 778 g/mol. The Bertz CT molecular complexity index is 1610.